The lowest BCUT2D eigenvalue weighted by molar-refractivity contribution is 0.281. The Hall–Kier alpha value is -0.980. The SMILES string of the molecule is Cc1cccc(NC2CC(C)CC(C)C2)c1C. The highest BCUT2D eigenvalue weighted by Crippen LogP contribution is 2.31. The van der Waals surface area contributed by atoms with Gasteiger partial charge in [0, 0.05) is 11.7 Å². The lowest BCUT2D eigenvalue weighted by Crippen LogP contribution is -2.30. The summed E-state index contributed by atoms with van der Waals surface area (Å²) < 4.78 is 0. The largest absolute Gasteiger partial charge is 0.382 e. The van der Waals surface area contributed by atoms with E-state index in [1.807, 2.05) is 0 Å². The highest BCUT2D eigenvalue weighted by Gasteiger charge is 2.23. The molecule has 1 nitrogen and oxygen atoms in total. The molecule has 1 aromatic rings. The molecule has 0 bridgehead atoms. The molecule has 0 amide bonds. The van der Waals surface area contributed by atoms with Crippen molar-refractivity contribution >= 4 is 5.69 Å². The Balaban J connectivity index is 2.07. The van der Waals surface area contributed by atoms with E-state index in [9.17, 15) is 0 Å². The first kappa shape index (κ1) is 12.5. The molecule has 1 aromatic carbocycles. The van der Waals surface area contributed by atoms with Crippen LogP contribution in [0.1, 0.15) is 44.2 Å². The Labute approximate surface area is 106 Å². The van der Waals surface area contributed by atoms with Gasteiger partial charge in [-0.3, -0.25) is 0 Å². The Morgan fingerprint density at radius 2 is 1.65 bits per heavy atom. The third kappa shape index (κ3) is 3.02. The van der Waals surface area contributed by atoms with Gasteiger partial charge in [0.2, 0.25) is 0 Å². The average molecular weight is 231 g/mol. The van der Waals surface area contributed by atoms with Crippen LogP contribution in [0.15, 0.2) is 18.2 Å². The van der Waals surface area contributed by atoms with E-state index in [0.717, 1.165) is 11.8 Å². The van der Waals surface area contributed by atoms with Gasteiger partial charge in [-0.1, -0.05) is 26.0 Å². The second-order valence-corrected chi connectivity index (χ2v) is 6.01. The smallest absolute Gasteiger partial charge is 0.0374 e. The van der Waals surface area contributed by atoms with Crippen molar-refractivity contribution in [3.8, 4) is 0 Å². The summed E-state index contributed by atoms with van der Waals surface area (Å²) in [5.74, 6) is 1.72. The maximum atomic E-state index is 3.75. The van der Waals surface area contributed by atoms with Crippen LogP contribution in [-0.2, 0) is 0 Å². The molecule has 17 heavy (non-hydrogen) atoms. The van der Waals surface area contributed by atoms with Gasteiger partial charge >= 0.3 is 0 Å². The highest BCUT2D eigenvalue weighted by molar-refractivity contribution is 5.54. The predicted molar refractivity (Wildman–Crippen MR) is 75.5 cm³/mol. The van der Waals surface area contributed by atoms with E-state index in [0.29, 0.717) is 6.04 Å². The van der Waals surface area contributed by atoms with Crippen LogP contribution in [-0.4, -0.2) is 6.04 Å². The summed E-state index contributed by atoms with van der Waals surface area (Å²) in [5, 5.41) is 3.75. The van der Waals surface area contributed by atoms with Crippen LogP contribution in [0, 0.1) is 25.7 Å². The van der Waals surface area contributed by atoms with Crippen molar-refractivity contribution < 1.29 is 0 Å². The zero-order valence-corrected chi connectivity index (χ0v) is 11.6. The van der Waals surface area contributed by atoms with Gasteiger partial charge < -0.3 is 5.32 Å². The second-order valence-electron chi connectivity index (χ2n) is 6.01. The standard InChI is InChI=1S/C16H25N/c1-11-8-12(2)10-15(9-11)17-16-7-5-6-13(3)14(16)4/h5-7,11-12,15,17H,8-10H2,1-4H3. The summed E-state index contributed by atoms with van der Waals surface area (Å²) in [6.45, 7) is 9.17. The quantitative estimate of drug-likeness (QED) is 0.788. The molecule has 0 radical (unpaired) electrons. The lowest BCUT2D eigenvalue weighted by atomic mass is 9.80. The predicted octanol–water partition coefficient (Wildman–Crippen LogP) is 4.54. The molecular weight excluding hydrogens is 206 g/mol. The highest BCUT2D eigenvalue weighted by atomic mass is 14.9. The minimum Gasteiger partial charge on any atom is -0.382 e. The van der Waals surface area contributed by atoms with Gasteiger partial charge in [0.05, 0.1) is 0 Å². The number of hydrogen-bond acceptors (Lipinski definition) is 1. The normalized spacial score (nSPS) is 29.1. The summed E-state index contributed by atoms with van der Waals surface area (Å²) >= 11 is 0. The number of nitrogens with one attached hydrogen (secondary N) is 1. The van der Waals surface area contributed by atoms with Crippen molar-refractivity contribution in [1.29, 1.82) is 0 Å². The topological polar surface area (TPSA) is 12.0 Å². The molecule has 0 saturated heterocycles. The summed E-state index contributed by atoms with van der Waals surface area (Å²) in [7, 11) is 0. The summed E-state index contributed by atoms with van der Waals surface area (Å²) in [6.07, 6.45) is 4.03. The minimum atomic E-state index is 0.661. The number of hydrogen-bond donors (Lipinski definition) is 1. The van der Waals surface area contributed by atoms with Crippen LogP contribution in [0.2, 0.25) is 0 Å². The molecule has 1 N–H and O–H groups in total. The summed E-state index contributed by atoms with van der Waals surface area (Å²) in [6, 6.07) is 7.22. The van der Waals surface area contributed by atoms with Gasteiger partial charge in [0.15, 0.2) is 0 Å². The van der Waals surface area contributed by atoms with E-state index in [1.165, 1.54) is 36.1 Å². The van der Waals surface area contributed by atoms with Crippen LogP contribution in [0.4, 0.5) is 5.69 Å². The molecular formula is C16H25N. The van der Waals surface area contributed by atoms with Crippen LogP contribution < -0.4 is 5.32 Å². The molecule has 0 aliphatic heterocycles. The Morgan fingerprint density at radius 1 is 1.00 bits per heavy atom. The van der Waals surface area contributed by atoms with Gasteiger partial charge in [0.1, 0.15) is 0 Å². The van der Waals surface area contributed by atoms with Crippen LogP contribution in [0.25, 0.3) is 0 Å². The third-order valence-corrected chi connectivity index (χ3v) is 4.14. The zero-order valence-electron chi connectivity index (χ0n) is 11.6. The zero-order chi connectivity index (χ0) is 12.4. The second kappa shape index (κ2) is 5.12. The molecule has 1 aliphatic rings. The lowest BCUT2D eigenvalue weighted by Gasteiger charge is -2.33. The van der Waals surface area contributed by atoms with Crippen molar-refractivity contribution in [3.63, 3.8) is 0 Å². The van der Waals surface area contributed by atoms with Crippen LogP contribution in [0.3, 0.4) is 0 Å². The van der Waals surface area contributed by atoms with Crippen molar-refractivity contribution in [3.05, 3.63) is 29.3 Å². The first-order chi connectivity index (χ1) is 8.06. The average Bonchev–Trinajstić information content (AvgIpc) is 2.23. The van der Waals surface area contributed by atoms with E-state index in [1.54, 1.807) is 0 Å². The number of rotatable bonds is 2. The molecule has 0 heterocycles. The van der Waals surface area contributed by atoms with Gasteiger partial charge in [0.25, 0.3) is 0 Å². The third-order valence-electron chi connectivity index (χ3n) is 4.14. The van der Waals surface area contributed by atoms with E-state index < -0.39 is 0 Å². The van der Waals surface area contributed by atoms with Gasteiger partial charge in [-0.05, 0) is 62.1 Å². The fourth-order valence-corrected chi connectivity index (χ4v) is 3.19. The molecule has 1 heteroatoms. The van der Waals surface area contributed by atoms with Crippen LogP contribution in [0.5, 0.6) is 0 Å². The fourth-order valence-electron chi connectivity index (χ4n) is 3.19. The van der Waals surface area contributed by atoms with Crippen molar-refractivity contribution in [2.45, 2.75) is 53.0 Å². The van der Waals surface area contributed by atoms with Crippen molar-refractivity contribution in [1.82, 2.24) is 0 Å². The van der Waals surface area contributed by atoms with E-state index >= 15 is 0 Å². The molecule has 1 aliphatic carbocycles. The maximum absolute atomic E-state index is 3.75. The monoisotopic (exact) mass is 231 g/mol. The number of anilines is 1. The van der Waals surface area contributed by atoms with Crippen LogP contribution >= 0.6 is 0 Å². The molecule has 1 fully saturated rings. The van der Waals surface area contributed by atoms with Crippen molar-refractivity contribution in [2.24, 2.45) is 11.8 Å². The Morgan fingerprint density at radius 3 is 2.29 bits per heavy atom. The molecule has 2 atom stereocenters. The maximum Gasteiger partial charge on any atom is 0.0374 e. The summed E-state index contributed by atoms with van der Waals surface area (Å²) in [4.78, 5) is 0. The molecule has 94 valence electrons. The molecule has 0 aromatic heterocycles. The van der Waals surface area contributed by atoms with Gasteiger partial charge in [-0.25, -0.2) is 0 Å². The summed E-state index contributed by atoms with van der Waals surface area (Å²) in [5.41, 5.74) is 4.11. The van der Waals surface area contributed by atoms with E-state index in [4.69, 9.17) is 0 Å². The van der Waals surface area contributed by atoms with Gasteiger partial charge in [-0.2, -0.15) is 0 Å². The molecule has 2 unspecified atom stereocenters. The first-order valence-electron chi connectivity index (χ1n) is 6.89. The Kier molecular flexibility index (Phi) is 3.76. The van der Waals surface area contributed by atoms with Crippen molar-refractivity contribution in [2.75, 3.05) is 5.32 Å². The first-order valence-corrected chi connectivity index (χ1v) is 6.89. The molecule has 2 rings (SSSR count). The fraction of sp³-hybridized carbons (Fsp3) is 0.625. The minimum absolute atomic E-state index is 0.661. The van der Waals surface area contributed by atoms with E-state index in [-0.39, 0.29) is 0 Å². The molecule has 0 spiro atoms. The van der Waals surface area contributed by atoms with E-state index in [2.05, 4.69) is 51.2 Å². The Bertz CT molecular complexity index is 373. The molecule has 1 saturated carbocycles. The number of benzene rings is 1. The van der Waals surface area contributed by atoms with Gasteiger partial charge in [-0.15, -0.1) is 0 Å². The number of aryl methyl sites for hydroxylation is 1.